The van der Waals surface area contributed by atoms with E-state index < -0.39 is 12.3 Å². The maximum Gasteiger partial charge on any atom is 0.131 e. The molecule has 3 saturated carbocycles. The highest BCUT2D eigenvalue weighted by molar-refractivity contribution is 4.96. The second-order valence-corrected chi connectivity index (χ2v) is 8.06. The van der Waals surface area contributed by atoms with Gasteiger partial charge in [-0.2, -0.15) is 0 Å². The summed E-state index contributed by atoms with van der Waals surface area (Å²) in [5, 5.41) is 0. The van der Waals surface area contributed by atoms with E-state index in [4.69, 9.17) is 6.42 Å². The smallest absolute Gasteiger partial charge is 0.131 e. The van der Waals surface area contributed by atoms with Crippen molar-refractivity contribution < 1.29 is 8.78 Å². The molecule has 3 fully saturated rings. The number of terminal acetylenes is 1. The first-order valence-electron chi connectivity index (χ1n) is 9.41. The molecule has 0 aromatic rings. The summed E-state index contributed by atoms with van der Waals surface area (Å²) in [6.45, 7) is 0. The second kappa shape index (κ2) is 7.33. The zero-order valence-electron chi connectivity index (χ0n) is 13.7. The van der Waals surface area contributed by atoms with Gasteiger partial charge in [0.15, 0.2) is 0 Å². The van der Waals surface area contributed by atoms with Gasteiger partial charge in [-0.25, -0.2) is 8.78 Å². The molecule has 0 heterocycles. The monoisotopic (exact) mass is 308 g/mol. The van der Waals surface area contributed by atoms with Crippen molar-refractivity contribution in [1.82, 2.24) is 0 Å². The van der Waals surface area contributed by atoms with Gasteiger partial charge in [-0.05, 0) is 94.3 Å². The first-order valence-corrected chi connectivity index (χ1v) is 9.41. The number of rotatable bonds is 2. The minimum absolute atomic E-state index is 0.445. The fourth-order valence-electron chi connectivity index (χ4n) is 5.38. The van der Waals surface area contributed by atoms with Crippen molar-refractivity contribution in [2.24, 2.45) is 29.6 Å². The quantitative estimate of drug-likeness (QED) is 0.573. The molecule has 0 bridgehead atoms. The molecule has 3 atom stereocenters. The van der Waals surface area contributed by atoms with Crippen LogP contribution >= 0.6 is 0 Å². The van der Waals surface area contributed by atoms with E-state index >= 15 is 0 Å². The van der Waals surface area contributed by atoms with Crippen LogP contribution in [0.25, 0.3) is 0 Å². The lowest BCUT2D eigenvalue weighted by molar-refractivity contribution is 0.0480. The van der Waals surface area contributed by atoms with E-state index in [1.54, 1.807) is 0 Å². The molecule has 0 aromatic carbocycles. The summed E-state index contributed by atoms with van der Waals surface area (Å²) < 4.78 is 26.9. The molecule has 0 spiro atoms. The van der Waals surface area contributed by atoms with Gasteiger partial charge in [-0.3, -0.25) is 0 Å². The molecule has 0 saturated heterocycles. The molecule has 0 nitrogen and oxygen atoms in total. The summed E-state index contributed by atoms with van der Waals surface area (Å²) in [7, 11) is 0. The highest BCUT2D eigenvalue weighted by atomic mass is 19.2. The van der Waals surface area contributed by atoms with Crippen LogP contribution in [0.5, 0.6) is 0 Å². The van der Waals surface area contributed by atoms with Gasteiger partial charge >= 0.3 is 0 Å². The Kier molecular flexibility index (Phi) is 5.42. The van der Waals surface area contributed by atoms with Gasteiger partial charge < -0.3 is 0 Å². The highest BCUT2D eigenvalue weighted by Crippen LogP contribution is 2.45. The molecular formula is C20H30F2. The highest BCUT2D eigenvalue weighted by Gasteiger charge is 2.37. The van der Waals surface area contributed by atoms with Crippen LogP contribution < -0.4 is 0 Å². The van der Waals surface area contributed by atoms with Crippen LogP contribution in [0.4, 0.5) is 8.78 Å². The Morgan fingerprint density at radius 1 is 0.591 bits per heavy atom. The summed E-state index contributed by atoms with van der Waals surface area (Å²) in [6.07, 6.45) is 15.1. The molecule has 3 aliphatic rings. The number of alkyl halides is 2. The Morgan fingerprint density at radius 3 is 1.55 bits per heavy atom. The lowest BCUT2D eigenvalue weighted by Gasteiger charge is -2.41. The summed E-state index contributed by atoms with van der Waals surface area (Å²) >= 11 is 0. The molecule has 0 aliphatic heterocycles. The predicted molar refractivity (Wildman–Crippen MR) is 86.9 cm³/mol. The van der Waals surface area contributed by atoms with E-state index in [1.165, 1.54) is 51.4 Å². The Labute approximate surface area is 134 Å². The third-order valence-electron chi connectivity index (χ3n) is 6.89. The van der Waals surface area contributed by atoms with Crippen molar-refractivity contribution >= 4 is 0 Å². The maximum absolute atomic E-state index is 13.6. The van der Waals surface area contributed by atoms with Gasteiger partial charge in [0.2, 0.25) is 0 Å². The molecule has 3 aliphatic carbocycles. The molecule has 3 unspecified atom stereocenters. The largest absolute Gasteiger partial charge is 0.244 e. The van der Waals surface area contributed by atoms with Crippen LogP contribution in [0, 0.1) is 41.9 Å². The van der Waals surface area contributed by atoms with Crippen LogP contribution in [0.15, 0.2) is 0 Å². The molecule has 0 radical (unpaired) electrons. The normalized spacial score (nSPS) is 46.9. The standard InChI is InChI=1S/C20H30F2/c1-2-14-3-5-15(6-4-14)16-7-9-17(10-8-16)18-11-12-19(21)20(22)13-18/h1,14-20H,3-13H2. The minimum atomic E-state index is -1.20. The van der Waals surface area contributed by atoms with Gasteiger partial charge in [-0.15, -0.1) is 12.3 Å². The second-order valence-electron chi connectivity index (χ2n) is 8.06. The van der Waals surface area contributed by atoms with Crippen LogP contribution in [0.3, 0.4) is 0 Å². The first kappa shape index (κ1) is 16.3. The van der Waals surface area contributed by atoms with Crippen LogP contribution in [-0.2, 0) is 0 Å². The molecule has 0 amide bonds. The van der Waals surface area contributed by atoms with Gasteiger partial charge in [0.1, 0.15) is 12.3 Å². The van der Waals surface area contributed by atoms with E-state index in [0.717, 1.165) is 18.3 Å². The van der Waals surface area contributed by atoms with Crippen LogP contribution in [-0.4, -0.2) is 12.3 Å². The molecule has 2 heteroatoms. The molecule has 124 valence electrons. The number of hydrogen-bond acceptors (Lipinski definition) is 0. The van der Waals surface area contributed by atoms with E-state index in [1.807, 2.05) is 0 Å². The zero-order valence-corrected chi connectivity index (χ0v) is 13.7. The fraction of sp³-hybridized carbons (Fsp3) is 0.900. The number of hydrogen-bond donors (Lipinski definition) is 0. The zero-order chi connectivity index (χ0) is 15.5. The van der Waals surface area contributed by atoms with Crippen LogP contribution in [0.1, 0.15) is 70.6 Å². The van der Waals surface area contributed by atoms with E-state index in [-0.39, 0.29) is 0 Å². The summed E-state index contributed by atoms with van der Waals surface area (Å²) in [5.41, 5.74) is 0. The van der Waals surface area contributed by atoms with Gasteiger partial charge in [0.05, 0.1) is 0 Å². The average Bonchev–Trinajstić information content (AvgIpc) is 2.58. The van der Waals surface area contributed by atoms with Crippen molar-refractivity contribution in [3.63, 3.8) is 0 Å². The predicted octanol–water partition coefficient (Wildman–Crippen LogP) is 5.71. The summed E-state index contributed by atoms with van der Waals surface area (Å²) in [4.78, 5) is 0. The molecule has 3 rings (SSSR count). The fourth-order valence-corrected chi connectivity index (χ4v) is 5.38. The van der Waals surface area contributed by atoms with Crippen molar-refractivity contribution in [3.8, 4) is 12.3 Å². The van der Waals surface area contributed by atoms with Gasteiger partial charge in [-0.1, -0.05) is 0 Å². The lowest BCUT2D eigenvalue weighted by atomic mass is 9.65. The van der Waals surface area contributed by atoms with Crippen LogP contribution in [0.2, 0.25) is 0 Å². The van der Waals surface area contributed by atoms with Crippen molar-refractivity contribution in [1.29, 1.82) is 0 Å². The third-order valence-corrected chi connectivity index (χ3v) is 6.89. The summed E-state index contributed by atoms with van der Waals surface area (Å²) in [5.74, 6) is 6.28. The average molecular weight is 308 g/mol. The molecule has 22 heavy (non-hydrogen) atoms. The van der Waals surface area contributed by atoms with Gasteiger partial charge in [0, 0.05) is 5.92 Å². The number of halogens is 2. The third kappa shape index (κ3) is 3.66. The maximum atomic E-state index is 13.6. The van der Waals surface area contributed by atoms with Crippen molar-refractivity contribution in [2.45, 2.75) is 83.0 Å². The lowest BCUT2D eigenvalue weighted by Crippen LogP contribution is -2.34. The minimum Gasteiger partial charge on any atom is -0.244 e. The van der Waals surface area contributed by atoms with E-state index in [0.29, 0.717) is 30.6 Å². The summed E-state index contributed by atoms with van der Waals surface area (Å²) in [6, 6.07) is 0. The SMILES string of the molecule is C#CC1CCC(C2CCC(C3CCC(F)C(F)C3)CC2)CC1. The van der Waals surface area contributed by atoms with E-state index in [2.05, 4.69) is 5.92 Å². The van der Waals surface area contributed by atoms with Crippen molar-refractivity contribution in [3.05, 3.63) is 0 Å². The van der Waals surface area contributed by atoms with Gasteiger partial charge in [0.25, 0.3) is 0 Å². The first-order chi connectivity index (χ1) is 10.7. The molecular weight excluding hydrogens is 278 g/mol. The Morgan fingerprint density at radius 2 is 1.05 bits per heavy atom. The molecule has 0 N–H and O–H groups in total. The molecule has 0 aromatic heterocycles. The van der Waals surface area contributed by atoms with Crippen molar-refractivity contribution in [2.75, 3.05) is 0 Å². The Hall–Kier alpha value is -0.580. The van der Waals surface area contributed by atoms with E-state index in [9.17, 15) is 8.78 Å². The topological polar surface area (TPSA) is 0 Å². The Balaban J connectivity index is 1.44. The Bertz CT molecular complexity index is 383.